The predicted molar refractivity (Wildman–Crippen MR) is 72.3 cm³/mol. The summed E-state index contributed by atoms with van der Waals surface area (Å²) in [6.07, 6.45) is 9.74. The number of nitrogens with zero attached hydrogens (tertiary/aromatic N) is 5. The summed E-state index contributed by atoms with van der Waals surface area (Å²) < 4.78 is 1.94. The number of rotatable bonds is 4. The van der Waals surface area contributed by atoms with Gasteiger partial charge in [-0.05, 0) is 36.9 Å². The molecule has 3 rings (SSSR count). The molecular weight excluding hydrogens is 238 g/mol. The van der Waals surface area contributed by atoms with Gasteiger partial charge in [0.1, 0.15) is 12.7 Å². The maximum atomic E-state index is 4.20. The second-order valence-electron chi connectivity index (χ2n) is 5.22. The molecule has 19 heavy (non-hydrogen) atoms. The van der Waals surface area contributed by atoms with Crippen molar-refractivity contribution in [2.45, 2.75) is 25.9 Å². The van der Waals surface area contributed by atoms with E-state index in [0.29, 0.717) is 5.92 Å². The minimum absolute atomic E-state index is 0.673. The van der Waals surface area contributed by atoms with Gasteiger partial charge in [0, 0.05) is 32.0 Å². The highest BCUT2D eigenvalue weighted by Crippen LogP contribution is 2.19. The molecule has 0 amide bonds. The molecule has 0 N–H and O–H groups in total. The summed E-state index contributed by atoms with van der Waals surface area (Å²) in [6, 6.07) is 4.15. The molecule has 3 heterocycles. The van der Waals surface area contributed by atoms with Gasteiger partial charge < -0.3 is 0 Å². The van der Waals surface area contributed by atoms with Crippen molar-refractivity contribution in [3.63, 3.8) is 0 Å². The second kappa shape index (κ2) is 5.93. The van der Waals surface area contributed by atoms with Gasteiger partial charge in [-0.2, -0.15) is 5.10 Å². The molecule has 0 aromatic carbocycles. The summed E-state index contributed by atoms with van der Waals surface area (Å²) in [5.41, 5.74) is 1.30. The monoisotopic (exact) mass is 257 g/mol. The number of piperidine rings is 1. The number of aromatic nitrogens is 4. The molecule has 2 aromatic rings. The molecule has 0 unspecified atom stereocenters. The molecule has 1 atom stereocenters. The van der Waals surface area contributed by atoms with Crippen LogP contribution in [0.3, 0.4) is 0 Å². The van der Waals surface area contributed by atoms with E-state index >= 15 is 0 Å². The minimum Gasteiger partial charge on any atom is -0.299 e. The Morgan fingerprint density at radius 3 is 3.11 bits per heavy atom. The average Bonchev–Trinajstić information content (AvgIpc) is 2.93. The Morgan fingerprint density at radius 1 is 1.32 bits per heavy atom. The number of hydrogen-bond acceptors (Lipinski definition) is 4. The Bertz CT molecular complexity index is 482. The summed E-state index contributed by atoms with van der Waals surface area (Å²) >= 11 is 0. The molecule has 1 aliphatic heterocycles. The fourth-order valence-electron chi connectivity index (χ4n) is 2.79. The average molecular weight is 257 g/mol. The fourth-order valence-corrected chi connectivity index (χ4v) is 2.79. The molecule has 1 saturated heterocycles. The molecule has 0 saturated carbocycles. The lowest BCUT2D eigenvalue weighted by molar-refractivity contribution is 0.153. The van der Waals surface area contributed by atoms with Crippen molar-refractivity contribution in [1.29, 1.82) is 0 Å². The van der Waals surface area contributed by atoms with Crippen molar-refractivity contribution in [2.24, 2.45) is 5.92 Å². The zero-order valence-electron chi connectivity index (χ0n) is 11.0. The Morgan fingerprint density at radius 2 is 2.32 bits per heavy atom. The molecule has 2 aromatic heterocycles. The summed E-state index contributed by atoms with van der Waals surface area (Å²) in [5.74, 6) is 0.673. The first-order chi connectivity index (χ1) is 9.40. The molecular formula is C14H19N5. The Kier molecular flexibility index (Phi) is 3.83. The lowest BCUT2D eigenvalue weighted by atomic mass is 9.98. The third-order valence-electron chi connectivity index (χ3n) is 3.64. The lowest BCUT2D eigenvalue weighted by Crippen LogP contribution is -2.36. The van der Waals surface area contributed by atoms with Crippen LogP contribution in [-0.4, -0.2) is 37.7 Å². The molecule has 1 fully saturated rings. The van der Waals surface area contributed by atoms with E-state index in [-0.39, 0.29) is 0 Å². The van der Waals surface area contributed by atoms with Gasteiger partial charge >= 0.3 is 0 Å². The van der Waals surface area contributed by atoms with Crippen molar-refractivity contribution < 1.29 is 0 Å². The van der Waals surface area contributed by atoms with E-state index < -0.39 is 0 Å². The van der Waals surface area contributed by atoms with Crippen molar-refractivity contribution in [2.75, 3.05) is 13.1 Å². The van der Waals surface area contributed by atoms with Gasteiger partial charge in [0.25, 0.3) is 0 Å². The molecule has 0 radical (unpaired) electrons. The largest absolute Gasteiger partial charge is 0.299 e. The zero-order valence-corrected chi connectivity index (χ0v) is 11.0. The SMILES string of the molecule is c1cncc(CN2CCC[C@@H](Cn3cncn3)C2)c1. The quantitative estimate of drug-likeness (QED) is 0.834. The van der Waals surface area contributed by atoms with E-state index in [1.54, 1.807) is 12.7 Å². The fraction of sp³-hybridized carbons (Fsp3) is 0.500. The smallest absolute Gasteiger partial charge is 0.137 e. The Labute approximate surface area is 113 Å². The van der Waals surface area contributed by atoms with Gasteiger partial charge in [0.05, 0.1) is 0 Å². The molecule has 0 spiro atoms. The highest BCUT2D eigenvalue weighted by atomic mass is 15.3. The summed E-state index contributed by atoms with van der Waals surface area (Å²) in [6.45, 7) is 4.29. The van der Waals surface area contributed by atoms with Gasteiger partial charge in [0.15, 0.2) is 0 Å². The number of likely N-dealkylation sites (tertiary alicyclic amines) is 1. The molecule has 5 heteroatoms. The van der Waals surface area contributed by atoms with Crippen LogP contribution in [-0.2, 0) is 13.1 Å². The number of pyridine rings is 1. The minimum atomic E-state index is 0.673. The van der Waals surface area contributed by atoms with Crippen LogP contribution in [0, 0.1) is 5.92 Å². The first-order valence-electron chi connectivity index (χ1n) is 6.84. The standard InChI is InChI=1S/C14H19N5/c1-3-13(7-15-5-1)8-18-6-2-4-14(9-18)10-19-12-16-11-17-19/h1,3,5,7,11-12,14H,2,4,6,8-10H2/t14-/m1/s1. The maximum absolute atomic E-state index is 4.20. The van der Waals surface area contributed by atoms with Gasteiger partial charge in [-0.1, -0.05) is 6.07 Å². The van der Waals surface area contributed by atoms with E-state index in [9.17, 15) is 0 Å². The van der Waals surface area contributed by atoms with Gasteiger partial charge in [-0.25, -0.2) is 4.98 Å². The first-order valence-corrected chi connectivity index (χ1v) is 6.84. The summed E-state index contributed by atoms with van der Waals surface area (Å²) in [5, 5.41) is 4.20. The van der Waals surface area contributed by atoms with Crippen molar-refractivity contribution in [3.05, 3.63) is 42.7 Å². The highest BCUT2D eigenvalue weighted by molar-refractivity contribution is 5.08. The summed E-state index contributed by atoms with van der Waals surface area (Å²) in [4.78, 5) is 10.7. The normalized spacial score (nSPS) is 20.5. The van der Waals surface area contributed by atoms with Crippen molar-refractivity contribution in [3.8, 4) is 0 Å². The van der Waals surface area contributed by atoms with Crippen LogP contribution in [0.1, 0.15) is 18.4 Å². The Balaban J connectivity index is 1.56. The van der Waals surface area contributed by atoms with Crippen LogP contribution in [0.2, 0.25) is 0 Å². The molecule has 0 aliphatic carbocycles. The third kappa shape index (κ3) is 3.38. The van der Waals surface area contributed by atoms with E-state index in [2.05, 4.69) is 26.0 Å². The van der Waals surface area contributed by atoms with Gasteiger partial charge in [0.2, 0.25) is 0 Å². The maximum Gasteiger partial charge on any atom is 0.137 e. The lowest BCUT2D eigenvalue weighted by Gasteiger charge is -2.32. The van der Waals surface area contributed by atoms with Crippen LogP contribution in [0.25, 0.3) is 0 Å². The van der Waals surface area contributed by atoms with E-state index in [4.69, 9.17) is 0 Å². The first kappa shape index (κ1) is 12.3. The van der Waals surface area contributed by atoms with Crippen LogP contribution in [0.5, 0.6) is 0 Å². The highest BCUT2D eigenvalue weighted by Gasteiger charge is 2.20. The third-order valence-corrected chi connectivity index (χ3v) is 3.64. The van der Waals surface area contributed by atoms with Crippen LogP contribution in [0.4, 0.5) is 0 Å². The molecule has 5 nitrogen and oxygen atoms in total. The summed E-state index contributed by atoms with van der Waals surface area (Å²) in [7, 11) is 0. The van der Waals surface area contributed by atoms with Crippen LogP contribution < -0.4 is 0 Å². The predicted octanol–water partition coefficient (Wildman–Crippen LogP) is 1.59. The molecule has 1 aliphatic rings. The van der Waals surface area contributed by atoms with Crippen molar-refractivity contribution >= 4 is 0 Å². The van der Waals surface area contributed by atoms with Crippen molar-refractivity contribution in [1.82, 2.24) is 24.6 Å². The van der Waals surface area contributed by atoms with Crippen LogP contribution in [0.15, 0.2) is 37.2 Å². The molecule has 0 bridgehead atoms. The second-order valence-corrected chi connectivity index (χ2v) is 5.22. The zero-order chi connectivity index (χ0) is 12.9. The Hall–Kier alpha value is -1.75. The topological polar surface area (TPSA) is 46.8 Å². The number of hydrogen-bond donors (Lipinski definition) is 0. The molecule has 100 valence electrons. The van der Waals surface area contributed by atoms with E-state index in [1.807, 2.05) is 23.1 Å². The van der Waals surface area contributed by atoms with Gasteiger partial charge in [-0.15, -0.1) is 0 Å². The van der Waals surface area contributed by atoms with Crippen LogP contribution >= 0.6 is 0 Å². The van der Waals surface area contributed by atoms with E-state index in [1.165, 1.54) is 24.9 Å². The van der Waals surface area contributed by atoms with E-state index in [0.717, 1.165) is 19.6 Å². The van der Waals surface area contributed by atoms with Gasteiger partial charge in [-0.3, -0.25) is 14.6 Å².